The van der Waals surface area contributed by atoms with Crippen molar-refractivity contribution in [1.29, 1.82) is 0 Å². The van der Waals surface area contributed by atoms with Crippen LogP contribution >= 0.6 is 15.9 Å². The van der Waals surface area contributed by atoms with Crippen molar-refractivity contribution in [2.75, 3.05) is 17.2 Å². The Hall–Kier alpha value is -1.56. The highest BCUT2D eigenvalue weighted by Gasteiger charge is 2.11. The molecule has 2 heterocycles. The second-order valence-corrected chi connectivity index (χ2v) is 4.32. The molecule has 0 bridgehead atoms. The van der Waals surface area contributed by atoms with Crippen LogP contribution in [0.3, 0.4) is 0 Å². The fraction of sp³-hybridized carbons (Fsp3) is 0.273. The molecular formula is C11H13BrN4O. The van der Waals surface area contributed by atoms with Crippen LogP contribution in [0, 0.1) is 0 Å². The Labute approximate surface area is 108 Å². The van der Waals surface area contributed by atoms with E-state index < -0.39 is 0 Å². The van der Waals surface area contributed by atoms with Crippen LogP contribution in [0.2, 0.25) is 0 Å². The zero-order chi connectivity index (χ0) is 12.3. The van der Waals surface area contributed by atoms with Crippen molar-refractivity contribution in [1.82, 2.24) is 9.97 Å². The van der Waals surface area contributed by atoms with Gasteiger partial charge < -0.3 is 15.1 Å². The van der Waals surface area contributed by atoms with E-state index in [2.05, 4.69) is 25.9 Å². The van der Waals surface area contributed by atoms with Crippen LogP contribution in [0.5, 0.6) is 0 Å². The number of nitrogen functional groups attached to an aromatic ring is 1. The Morgan fingerprint density at radius 3 is 2.88 bits per heavy atom. The molecule has 90 valence electrons. The van der Waals surface area contributed by atoms with Gasteiger partial charge in [0, 0.05) is 12.6 Å². The summed E-state index contributed by atoms with van der Waals surface area (Å²) < 4.78 is 5.99. The minimum atomic E-state index is 0.444. The summed E-state index contributed by atoms with van der Waals surface area (Å²) in [4.78, 5) is 10.5. The third-order valence-electron chi connectivity index (χ3n) is 2.29. The van der Waals surface area contributed by atoms with Gasteiger partial charge in [-0.2, -0.15) is 4.98 Å². The quantitative estimate of drug-likeness (QED) is 0.878. The molecule has 0 aliphatic rings. The van der Waals surface area contributed by atoms with E-state index in [-0.39, 0.29) is 0 Å². The minimum Gasteiger partial charge on any atom is -0.467 e. The van der Waals surface area contributed by atoms with Crippen molar-refractivity contribution in [2.45, 2.75) is 13.5 Å². The summed E-state index contributed by atoms with van der Waals surface area (Å²) >= 11 is 3.31. The predicted octanol–water partition coefficient (Wildman–Crippen LogP) is 2.44. The molecule has 0 amide bonds. The first kappa shape index (κ1) is 11.9. The molecule has 0 aliphatic carbocycles. The average molecular weight is 297 g/mol. The number of hydrogen-bond donors (Lipinski definition) is 1. The third kappa shape index (κ3) is 2.97. The van der Waals surface area contributed by atoms with Crippen molar-refractivity contribution in [3.8, 4) is 0 Å². The molecular weight excluding hydrogens is 284 g/mol. The zero-order valence-electron chi connectivity index (χ0n) is 9.43. The van der Waals surface area contributed by atoms with Gasteiger partial charge in [-0.25, -0.2) is 4.98 Å². The number of hydrogen-bond acceptors (Lipinski definition) is 5. The highest BCUT2D eigenvalue weighted by atomic mass is 79.9. The number of anilines is 2. The summed E-state index contributed by atoms with van der Waals surface area (Å²) in [6, 6.07) is 5.45. The van der Waals surface area contributed by atoms with Gasteiger partial charge in [-0.15, -0.1) is 0 Å². The summed E-state index contributed by atoms with van der Waals surface area (Å²) in [6.45, 7) is 3.43. The second kappa shape index (κ2) is 5.18. The molecule has 0 atom stereocenters. The fourth-order valence-corrected chi connectivity index (χ4v) is 1.87. The van der Waals surface area contributed by atoms with Crippen LogP contribution in [-0.4, -0.2) is 16.5 Å². The van der Waals surface area contributed by atoms with Gasteiger partial charge >= 0.3 is 0 Å². The number of halogens is 1. The Balaban J connectivity index is 2.22. The van der Waals surface area contributed by atoms with Crippen LogP contribution < -0.4 is 10.6 Å². The smallest absolute Gasteiger partial charge is 0.228 e. The highest BCUT2D eigenvalue weighted by molar-refractivity contribution is 9.10. The van der Waals surface area contributed by atoms with Crippen molar-refractivity contribution >= 4 is 27.7 Å². The van der Waals surface area contributed by atoms with E-state index in [0.29, 0.717) is 22.9 Å². The monoisotopic (exact) mass is 296 g/mol. The van der Waals surface area contributed by atoms with Gasteiger partial charge in [-0.3, -0.25) is 0 Å². The van der Waals surface area contributed by atoms with E-state index in [1.807, 2.05) is 24.0 Å². The van der Waals surface area contributed by atoms with Gasteiger partial charge in [0.15, 0.2) is 0 Å². The van der Waals surface area contributed by atoms with Gasteiger partial charge in [0.2, 0.25) is 5.95 Å². The lowest BCUT2D eigenvalue weighted by molar-refractivity contribution is 0.502. The first-order valence-electron chi connectivity index (χ1n) is 5.26. The van der Waals surface area contributed by atoms with E-state index in [9.17, 15) is 0 Å². The molecule has 2 aromatic rings. The average Bonchev–Trinajstić information content (AvgIpc) is 2.77. The van der Waals surface area contributed by atoms with Gasteiger partial charge in [-0.1, -0.05) is 0 Å². The van der Waals surface area contributed by atoms with Crippen LogP contribution in [0.1, 0.15) is 12.7 Å². The molecule has 2 N–H and O–H groups in total. The molecule has 2 rings (SSSR count). The van der Waals surface area contributed by atoms with Crippen molar-refractivity contribution in [3.63, 3.8) is 0 Å². The largest absolute Gasteiger partial charge is 0.467 e. The van der Waals surface area contributed by atoms with Gasteiger partial charge in [0.05, 0.1) is 12.8 Å². The molecule has 0 saturated carbocycles. The van der Waals surface area contributed by atoms with E-state index in [1.54, 1.807) is 12.3 Å². The van der Waals surface area contributed by atoms with Crippen molar-refractivity contribution < 1.29 is 4.42 Å². The Kier molecular flexibility index (Phi) is 3.63. The van der Waals surface area contributed by atoms with E-state index in [4.69, 9.17) is 10.2 Å². The molecule has 17 heavy (non-hydrogen) atoms. The normalized spacial score (nSPS) is 10.5. The summed E-state index contributed by atoms with van der Waals surface area (Å²) in [5.74, 6) is 1.91. The van der Waals surface area contributed by atoms with Crippen LogP contribution in [-0.2, 0) is 6.54 Å². The predicted molar refractivity (Wildman–Crippen MR) is 69.6 cm³/mol. The van der Waals surface area contributed by atoms with Crippen LogP contribution in [0.25, 0.3) is 0 Å². The summed E-state index contributed by atoms with van der Waals surface area (Å²) in [5.41, 5.74) is 5.69. The van der Waals surface area contributed by atoms with E-state index >= 15 is 0 Å². The van der Waals surface area contributed by atoms with E-state index in [1.165, 1.54) is 0 Å². The molecule has 0 unspecified atom stereocenters. The first-order valence-corrected chi connectivity index (χ1v) is 6.05. The maximum Gasteiger partial charge on any atom is 0.228 e. The van der Waals surface area contributed by atoms with Crippen molar-refractivity contribution in [3.05, 3.63) is 34.8 Å². The lowest BCUT2D eigenvalue weighted by atomic mass is 10.4. The Morgan fingerprint density at radius 1 is 1.47 bits per heavy atom. The molecule has 0 aromatic carbocycles. The first-order chi connectivity index (χ1) is 8.19. The molecule has 0 fully saturated rings. The van der Waals surface area contributed by atoms with Gasteiger partial charge in [0.1, 0.15) is 16.2 Å². The summed E-state index contributed by atoms with van der Waals surface area (Å²) in [7, 11) is 0. The molecule has 6 heteroatoms. The SMILES string of the molecule is CCN(Cc1ccco1)c1nc(N)cc(Br)n1. The fourth-order valence-electron chi connectivity index (χ4n) is 1.48. The number of furan rings is 1. The second-order valence-electron chi connectivity index (χ2n) is 3.51. The van der Waals surface area contributed by atoms with E-state index in [0.717, 1.165) is 12.3 Å². The maximum atomic E-state index is 5.69. The minimum absolute atomic E-state index is 0.444. The van der Waals surface area contributed by atoms with Crippen LogP contribution in [0.4, 0.5) is 11.8 Å². The Bertz CT molecular complexity index is 466. The summed E-state index contributed by atoms with van der Waals surface area (Å²) in [5, 5.41) is 0. The standard InChI is InChI=1S/C11H13BrN4O/c1-2-16(7-8-4-3-5-17-8)11-14-9(12)6-10(13)15-11/h3-6H,2,7H2,1H3,(H2,13,14,15). The lowest BCUT2D eigenvalue weighted by Crippen LogP contribution is -2.24. The summed E-state index contributed by atoms with van der Waals surface area (Å²) in [6.07, 6.45) is 1.65. The van der Waals surface area contributed by atoms with Crippen LogP contribution in [0.15, 0.2) is 33.5 Å². The van der Waals surface area contributed by atoms with Gasteiger partial charge in [0.25, 0.3) is 0 Å². The number of nitrogens with zero attached hydrogens (tertiary/aromatic N) is 3. The molecule has 0 spiro atoms. The Morgan fingerprint density at radius 2 is 2.29 bits per heavy atom. The van der Waals surface area contributed by atoms with Crippen molar-refractivity contribution in [2.24, 2.45) is 0 Å². The number of rotatable bonds is 4. The lowest BCUT2D eigenvalue weighted by Gasteiger charge is -2.19. The zero-order valence-corrected chi connectivity index (χ0v) is 11.0. The number of nitrogens with two attached hydrogens (primary N) is 1. The molecule has 0 saturated heterocycles. The third-order valence-corrected chi connectivity index (χ3v) is 2.70. The molecule has 0 aliphatic heterocycles. The molecule has 2 aromatic heterocycles. The highest BCUT2D eigenvalue weighted by Crippen LogP contribution is 2.17. The topological polar surface area (TPSA) is 68.2 Å². The molecule has 5 nitrogen and oxygen atoms in total. The van der Waals surface area contributed by atoms with Gasteiger partial charge in [-0.05, 0) is 35.0 Å². The molecule has 0 radical (unpaired) electrons. The maximum absolute atomic E-state index is 5.69. The number of aromatic nitrogens is 2.